The molecule has 160 valence electrons. The largest absolute Gasteiger partial charge is 0.344 e. The molecule has 0 saturated carbocycles. The number of nitrogens with one attached hydrogen (secondary N) is 2. The molecule has 2 amide bonds. The van der Waals surface area contributed by atoms with Gasteiger partial charge in [-0.15, -0.1) is 0 Å². The molecule has 4 rings (SSSR count). The van der Waals surface area contributed by atoms with Crippen LogP contribution in [0.3, 0.4) is 0 Å². The van der Waals surface area contributed by atoms with Crippen LogP contribution in [0.5, 0.6) is 0 Å². The maximum Gasteiger partial charge on any atom is 0.258 e. The molecule has 0 bridgehead atoms. The summed E-state index contributed by atoms with van der Waals surface area (Å²) in [4.78, 5) is 29.0. The third-order valence-electron chi connectivity index (χ3n) is 4.79. The number of carbonyl (C=O) groups excluding carboxylic acids is 2. The minimum Gasteiger partial charge on any atom is -0.344 e. The first-order chi connectivity index (χ1) is 15.6. The summed E-state index contributed by atoms with van der Waals surface area (Å²) in [5.74, 6) is -1.46. The van der Waals surface area contributed by atoms with Crippen LogP contribution in [0.2, 0.25) is 0 Å². The van der Waals surface area contributed by atoms with Crippen molar-refractivity contribution >= 4 is 17.5 Å². The van der Waals surface area contributed by atoms with Gasteiger partial charge in [-0.2, -0.15) is 5.10 Å². The summed E-state index contributed by atoms with van der Waals surface area (Å²) in [5, 5.41) is 9.72. The Kier molecular flexibility index (Phi) is 6.31. The summed E-state index contributed by atoms with van der Waals surface area (Å²) < 4.78 is 15.2. The lowest BCUT2D eigenvalue weighted by molar-refractivity contribution is -0.122. The van der Waals surface area contributed by atoms with Crippen LogP contribution < -0.4 is 10.6 Å². The third kappa shape index (κ3) is 5.04. The van der Waals surface area contributed by atoms with Gasteiger partial charge in [0.05, 0.1) is 23.5 Å². The molecule has 8 heteroatoms. The number of nitrogens with zero attached hydrogens (tertiary/aromatic N) is 3. The summed E-state index contributed by atoms with van der Waals surface area (Å²) >= 11 is 0. The summed E-state index contributed by atoms with van der Waals surface area (Å²) in [6, 6.07) is 18.7. The van der Waals surface area contributed by atoms with Crippen LogP contribution in [0.15, 0.2) is 91.5 Å². The second kappa shape index (κ2) is 9.65. The highest BCUT2D eigenvalue weighted by molar-refractivity contribution is 6.04. The summed E-state index contributed by atoms with van der Waals surface area (Å²) in [6.07, 6.45) is 6.27. The molecule has 2 aromatic carbocycles. The average molecular weight is 429 g/mol. The van der Waals surface area contributed by atoms with Gasteiger partial charge in [0.25, 0.3) is 5.91 Å². The first-order valence-electron chi connectivity index (χ1n) is 9.93. The fraction of sp³-hybridized carbons (Fsp3) is 0.0833. The molecule has 2 aromatic heterocycles. The van der Waals surface area contributed by atoms with Crippen molar-refractivity contribution in [3.8, 4) is 0 Å². The zero-order chi connectivity index (χ0) is 22.3. The van der Waals surface area contributed by atoms with Crippen LogP contribution in [0, 0.1) is 5.82 Å². The van der Waals surface area contributed by atoms with E-state index in [0.717, 1.165) is 11.1 Å². The van der Waals surface area contributed by atoms with Gasteiger partial charge in [-0.3, -0.25) is 19.3 Å². The number of benzene rings is 2. The van der Waals surface area contributed by atoms with E-state index in [4.69, 9.17) is 0 Å². The van der Waals surface area contributed by atoms with Crippen molar-refractivity contribution < 1.29 is 14.0 Å². The van der Waals surface area contributed by atoms with E-state index in [-0.39, 0.29) is 24.1 Å². The van der Waals surface area contributed by atoms with Crippen molar-refractivity contribution in [3.05, 3.63) is 114 Å². The van der Waals surface area contributed by atoms with Gasteiger partial charge in [0.1, 0.15) is 12.4 Å². The second-order valence-corrected chi connectivity index (χ2v) is 7.05. The van der Waals surface area contributed by atoms with E-state index in [2.05, 4.69) is 20.7 Å². The third-order valence-corrected chi connectivity index (χ3v) is 4.79. The van der Waals surface area contributed by atoms with Crippen molar-refractivity contribution in [2.24, 2.45) is 0 Å². The molecule has 2 heterocycles. The lowest BCUT2D eigenvalue weighted by Crippen LogP contribution is -2.32. The van der Waals surface area contributed by atoms with Gasteiger partial charge in [0.15, 0.2) is 0 Å². The van der Waals surface area contributed by atoms with Gasteiger partial charge in [0, 0.05) is 18.6 Å². The average Bonchev–Trinajstić information content (AvgIpc) is 3.25. The van der Waals surface area contributed by atoms with Gasteiger partial charge in [-0.05, 0) is 35.4 Å². The topological polar surface area (TPSA) is 88.9 Å². The van der Waals surface area contributed by atoms with Crippen LogP contribution in [0.4, 0.5) is 10.1 Å². The molecule has 0 spiro atoms. The quantitative estimate of drug-likeness (QED) is 0.470. The van der Waals surface area contributed by atoms with E-state index >= 15 is 0 Å². The molecule has 1 atom stereocenters. The predicted molar refractivity (Wildman–Crippen MR) is 117 cm³/mol. The second-order valence-electron chi connectivity index (χ2n) is 7.05. The van der Waals surface area contributed by atoms with Crippen molar-refractivity contribution in [1.29, 1.82) is 0 Å². The Morgan fingerprint density at radius 3 is 2.38 bits per heavy atom. The summed E-state index contributed by atoms with van der Waals surface area (Å²) in [5.41, 5.74) is 2.13. The fourth-order valence-electron chi connectivity index (χ4n) is 3.27. The molecule has 2 N–H and O–H groups in total. The summed E-state index contributed by atoms with van der Waals surface area (Å²) in [6.45, 7) is -0.0516. The highest BCUT2D eigenvalue weighted by atomic mass is 19.1. The number of anilines is 1. The van der Waals surface area contributed by atoms with E-state index in [1.54, 1.807) is 18.5 Å². The molecule has 4 aromatic rings. The Morgan fingerprint density at radius 2 is 1.62 bits per heavy atom. The standard InChI is InChI=1S/C24H20FN5O2/c25-21-9-5-4-8-20(21)24(32)28-19-14-27-30(15-19)16-22(31)29-23(17-6-2-1-3-7-17)18-10-12-26-13-11-18/h1-15,23H,16H2,(H,28,32)(H,29,31)/t23-/m1/s1. The van der Waals surface area contributed by atoms with Gasteiger partial charge >= 0.3 is 0 Å². The number of halogens is 1. The van der Waals surface area contributed by atoms with E-state index in [1.807, 2.05) is 42.5 Å². The van der Waals surface area contributed by atoms with E-state index in [1.165, 1.54) is 35.3 Å². The zero-order valence-electron chi connectivity index (χ0n) is 17.0. The lowest BCUT2D eigenvalue weighted by Gasteiger charge is -2.19. The number of aromatic nitrogens is 3. The van der Waals surface area contributed by atoms with Crippen LogP contribution >= 0.6 is 0 Å². The molecule has 0 aliphatic carbocycles. The van der Waals surface area contributed by atoms with Crippen molar-refractivity contribution in [2.75, 3.05) is 5.32 Å². The maximum absolute atomic E-state index is 13.8. The Bertz CT molecular complexity index is 1170. The number of hydrogen-bond donors (Lipinski definition) is 2. The summed E-state index contributed by atoms with van der Waals surface area (Å²) in [7, 11) is 0. The zero-order valence-corrected chi connectivity index (χ0v) is 17.0. The monoisotopic (exact) mass is 429 g/mol. The Balaban J connectivity index is 1.43. The maximum atomic E-state index is 13.8. The molecule has 32 heavy (non-hydrogen) atoms. The number of carbonyl (C=O) groups is 2. The van der Waals surface area contributed by atoms with Gasteiger partial charge in [-0.1, -0.05) is 42.5 Å². The molecule has 0 saturated heterocycles. The van der Waals surface area contributed by atoms with Crippen LogP contribution in [0.1, 0.15) is 27.5 Å². The van der Waals surface area contributed by atoms with Gasteiger partial charge in [-0.25, -0.2) is 4.39 Å². The number of amides is 2. The molecular formula is C24H20FN5O2. The predicted octanol–water partition coefficient (Wildman–Crippen LogP) is 3.58. The lowest BCUT2D eigenvalue weighted by atomic mass is 10.00. The van der Waals surface area contributed by atoms with E-state index in [9.17, 15) is 14.0 Å². The Morgan fingerprint density at radius 1 is 0.938 bits per heavy atom. The van der Waals surface area contributed by atoms with Crippen molar-refractivity contribution in [1.82, 2.24) is 20.1 Å². The number of rotatable bonds is 7. The highest BCUT2D eigenvalue weighted by Crippen LogP contribution is 2.21. The Hall–Kier alpha value is -4.33. The van der Waals surface area contributed by atoms with Gasteiger partial charge < -0.3 is 10.6 Å². The van der Waals surface area contributed by atoms with Crippen molar-refractivity contribution in [2.45, 2.75) is 12.6 Å². The molecule has 0 radical (unpaired) electrons. The first-order valence-corrected chi connectivity index (χ1v) is 9.93. The van der Waals surface area contributed by atoms with Crippen LogP contribution in [-0.4, -0.2) is 26.6 Å². The normalized spacial score (nSPS) is 11.5. The fourth-order valence-corrected chi connectivity index (χ4v) is 3.27. The van der Waals surface area contributed by atoms with E-state index < -0.39 is 11.7 Å². The number of pyridine rings is 1. The SMILES string of the molecule is O=C(Cn1cc(NC(=O)c2ccccc2F)cn1)N[C@H](c1ccccc1)c1ccncc1. The van der Waals surface area contributed by atoms with Crippen LogP contribution in [-0.2, 0) is 11.3 Å². The first kappa shape index (κ1) is 20.9. The molecular weight excluding hydrogens is 409 g/mol. The van der Waals surface area contributed by atoms with Crippen LogP contribution in [0.25, 0.3) is 0 Å². The minimum atomic E-state index is -0.611. The van der Waals surface area contributed by atoms with Gasteiger partial charge in [0.2, 0.25) is 5.91 Å². The van der Waals surface area contributed by atoms with E-state index in [0.29, 0.717) is 5.69 Å². The van der Waals surface area contributed by atoms with Crippen molar-refractivity contribution in [3.63, 3.8) is 0 Å². The minimum absolute atomic E-state index is 0.0516. The molecule has 0 aliphatic rings. The molecule has 0 fully saturated rings. The molecule has 7 nitrogen and oxygen atoms in total. The smallest absolute Gasteiger partial charge is 0.258 e. The molecule has 0 unspecified atom stereocenters. The Labute approximate surface area is 183 Å². The highest BCUT2D eigenvalue weighted by Gasteiger charge is 2.18. The molecule has 0 aliphatic heterocycles. The number of hydrogen-bond acceptors (Lipinski definition) is 4.